The third-order valence-electron chi connectivity index (χ3n) is 3.11. The van der Waals surface area contributed by atoms with Gasteiger partial charge in [0.25, 0.3) is 0 Å². The lowest BCUT2D eigenvalue weighted by atomic mass is 10.0. The summed E-state index contributed by atoms with van der Waals surface area (Å²) in [7, 11) is 0. The summed E-state index contributed by atoms with van der Waals surface area (Å²) >= 11 is 7.33. The molecule has 19 heavy (non-hydrogen) atoms. The zero-order valence-electron chi connectivity index (χ0n) is 9.93. The normalized spacial score (nSPS) is 14.0. The van der Waals surface area contributed by atoms with Crippen LogP contribution in [0.4, 0.5) is 10.8 Å². The quantitative estimate of drug-likeness (QED) is 0.871. The average molecular weight is 292 g/mol. The molecule has 7 heteroatoms. The third kappa shape index (κ3) is 2.11. The number of thiophene rings is 1. The summed E-state index contributed by atoms with van der Waals surface area (Å²) in [5.74, 6) is 0.753. The van der Waals surface area contributed by atoms with Gasteiger partial charge in [-0.1, -0.05) is 11.6 Å². The third-order valence-corrected chi connectivity index (χ3v) is 4.34. The molecule has 0 fully saturated rings. The molecule has 0 spiro atoms. The Balaban J connectivity index is 1.93. The maximum atomic E-state index is 9.11. The molecule has 0 aliphatic carbocycles. The van der Waals surface area contributed by atoms with Gasteiger partial charge in [-0.05, 0) is 12.0 Å². The molecule has 0 unspecified atom stereocenters. The van der Waals surface area contributed by atoms with E-state index in [-0.39, 0.29) is 0 Å². The SMILES string of the molecule is N#Cc1c(N)sc2c1CCN(c1cncc(Cl)n1)C2. The van der Waals surface area contributed by atoms with E-state index in [9.17, 15) is 0 Å². The second kappa shape index (κ2) is 4.68. The smallest absolute Gasteiger partial charge is 0.149 e. The Hall–Kier alpha value is -1.84. The van der Waals surface area contributed by atoms with E-state index in [1.807, 2.05) is 0 Å². The Labute approximate surface area is 119 Å². The van der Waals surface area contributed by atoms with Crippen LogP contribution < -0.4 is 10.6 Å². The van der Waals surface area contributed by atoms with E-state index < -0.39 is 0 Å². The highest BCUT2D eigenvalue weighted by Crippen LogP contribution is 2.35. The average Bonchev–Trinajstić information content (AvgIpc) is 2.72. The van der Waals surface area contributed by atoms with Gasteiger partial charge in [-0.2, -0.15) is 5.26 Å². The van der Waals surface area contributed by atoms with Crippen LogP contribution in [0.2, 0.25) is 5.15 Å². The predicted molar refractivity (Wildman–Crippen MR) is 75.2 cm³/mol. The number of aromatic nitrogens is 2. The molecule has 0 radical (unpaired) electrons. The molecule has 5 nitrogen and oxygen atoms in total. The molecule has 1 aliphatic rings. The Morgan fingerprint density at radius 3 is 3.05 bits per heavy atom. The first kappa shape index (κ1) is 12.2. The van der Waals surface area contributed by atoms with Crippen LogP contribution in [-0.2, 0) is 13.0 Å². The second-order valence-corrected chi connectivity index (χ2v) is 5.75. The van der Waals surface area contributed by atoms with Crippen LogP contribution in [0.15, 0.2) is 12.4 Å². The van der Waals surface area contributed by atoms with Crippen molar-refractivity contribution in [3.63, 3.8) is 0 Å². The minimum atomic E-state index is 0.381. The van der Waals surface area contributed by atoms with Crippen LogP contribution in [0.25, 0.3) is 0 Å². The number of hydrogen-bond acceptors (Lipinski definition) is 6. The fourth-order valence-electron chi connectivity index (χ4n) is 2.23. The van der Waals surface area contributed by atoms with E-state index >= 15 is 0 Å². The summed E-state index contributed by atoms with van der Waals surface area (Å²) in [5.41, 5.74) is 7.58. The van der Waals surface area contributed by atoms with Crippen molar-refractivity contribution < 1.29 is 0 Å². The van der Waals surface area contributed by atoms with E-state index in [0.717, 1.165) is 29.2 Å². The van der Waals surface area contributed by atoms with Crippen LogP contribution in [0.3, 0.4) is 0 Å². The molecule has 0 bridgehead atoms. The summed E-state index contributed by atoms with van der Waals surface area (Å²) in [4.78, 5) is 11.5. The lowest BCUT2D eigenvalue weighted by Crippen LogP contribution is -2.30. The largest absolute Gasteiger partial charge is 0.389 e. The van der Waals surface area contributed by atoms with E-state index in [1.165, 1.54) is 17.5 Å². The number of fused-ring (bicyclic) bond motifs is 1. The molecule has 2 aromatic heterocycles. The minimum Gasteiger partial charge on any atom is -0.389 e. The molecule has 3 heterocycles. The molecule has 0 atom stereocenters. The van der Waals surface area contributed by atoms with Crippen molar-refractivity contribution >= 4 is 33.8 Å². The molecule has 1 aliphatic heterocycles. The van der Waals surface area contributed by atoms with Crippen molar-refractivity contribution in [2.75, 3.05) is 17.2 Å². The van der Waals surface area contributed by atoms with Gasteiger partial charge >= 0.3 is 0 Å². The Kier molecular flexibility index (Phi) is 3.01. The van der Waals surface area contributed by atoms with Gasteiger partial charge in [0.15, 0.2) is 0 Å². The van der Waals surface area contributed by atoms with Crippen LogP contribution in [-0.4, -0.2) is 16.5 Å². The standard InChI is InChI=1S/C12H10ClN5S/c13-10-4-16-5-11(17-10)18-2-1-7-8(3-14)12(15)19-9(7)6-18/h4-5H,1-2,6,15H2. The maximum absolute atomic E-state index is 9.11. The molecule has 0 saturated carbocycles. The van der Waals surface area contributed by atoms with Gasteiger partial charge in [-0.15, -0.1) is 11.3 Å². The van der Waals surface area contributed by atoms with Crippen molar-refractivity contribution in [3.8, 4) is 6.07 Å². The molecule has 3 rings (SSSR count). The molecule has 96 valence electrons. The summed E-state index contributed by atoms with van der Waals surface area (Å²) in [6.07, 6.45) is 4.00. The molecule has 2 N–H and O–H groups in total. The topological polar surface area (TPSA) is 78.8 Å². The molecule has 2 aromatic rings. The first-order valence-corrected chi connectivity index (χ1v) is 6.91. The van der Waals surface area contributed by atoms with Gasteiger partial charge in [0.2, 0.25) is 0 Å². The monoisotopic (exact) mass is 291 g/mol. The van der Waals surface area contributed by atoms with Crippen molar-refractivity contribution in [1.29, 1.82) is 5.26 Å². The van der Waals surface area contributed by atoms with Gasteiger partial charge in [0.05, 0.1) is 24.5 Å². The van der Waals surface area contributed by atoms with Crippen molar-refractivity contribution in [2.45, 2.75) is 13.0 Å². The number of rotatable bonds is 1. The second-order valence-electron chi connectivity index (χ2n) is 4.23. The number of nitriles is 1. The van der Waals surface area contributed by atoms with Gasteiger partial charge < -0.3 is 10.6 Å². The summed E-state index contributed by atoms with van der Waals surface area (Å²) in [6.45, 7) is 1.48. The number of halogens is 1. The minimum absolute atomic E-state index is 0.381. The van der Waals surface area contributed by atoms with E-state index in [0.29, 0.717) is 22.3 Å². The molecular formula is C12H10ClN5S. The van der Waals surface area contributed by atoms with Gasteiger partial charge in [0, 0.05) is 11.4 Å². The molecule has 0 saturated heterocycles. The van der Waals surface area contributed by atoms with Crippen LogP contribution in [0, 0.1) is 11.3 Å². The number of anilines is 2. The number of nitrogens with zero attached hydrogens (tertiary/aromatic N) is 4. The van der Waals surface area contributed by atoms with E-state index in [4.69, 9.17) is 22.6 Å². The van der Waals surface area contributed by atoms with Gasteiger partial charge in [-0.3, -0.25) is 4.98 Å². The zero-order chi connectivity index (χ0) is 13.4. The van der Waals surface area contributed by atoms with Crippen LogP contribution in [0.5, 0.6) is 0 Å². The maximum Gasteiger partial charge on any atom is 0.149 e. The molecular weight excluding hydrogens is 282 g/mol. The Bertz CT molecular complexity index is 675. The fraction of sp³-hybridized carbons (Fsp3) is 0.250. The van der Waals surface area contributed by atoms with Crippen LogP contribution >= 0.6 is 22.9 Å². The summed E-state index contributed by atoms with van der Waals surface area (Å²) in [5, 5.41) is 10.1. The number of nitrogens with two attached hydrogens (primary N) is 1. The first-order valence-electron chi connectivity index (χ1n) is 5.71. The first-order chi connectivity index (χ1) is 9.19. The highest BCUT2D eigenvalue weighted by molar-refractivity contribution is 7.16. The predicted octanol–water partition coefficient (Wildman–Crippen LogP) is 2.21. The fourth-order valence-corrected chi connectivity index (χ4v) is 3.45. The van der Waals surface area contributed by atoms with Gasteiger partial charge in [-0.25, -0.2) is 4.98 Å². The highest BCUT2D eigenvalue weighted by atomic mass is 35.5. The highest BCUT2D eigenvalue weighted by Gasteiger charge is 2.24. The summed E-state index contributed by atoms with van der Waals surface area (Å²) in [6, 6.07) is 2.18. The lowest BCUT2D eigenvalue weighted by molar-refractivity contribution is 0.729. The molecule has 0 aromatic carbocycles. The zero-order valence-corrected chi connectivity index (χ0v) is 11.5. The number of nitrogen functional groups attached to an aromatic ring is 1. The van der Waals surface area contributed by atoms with E-state index in [1.54, 1.807) is 6.20 Å². The number of hydrogen-bond donors (Lipinski definition) is 1. The Morgan fingerprint density at radius 2 is 2.32 bits per heavy atom. The van der Waals surface area contributed by atoms with Crippen molar-refractivity contribution in [1.82, 2.24) is 9.97 Å². The van der Waals surface area contributed by atoms with Crippen molar-refractivity contribution in [2.24, 2.45) is 0 Å². The Morgan fingerprint density at radius 1 is 1.47 bits per heavy atom. The van der Waals surface area contributed by atoms with Crippen LogP contribution in [0.1, 0.15) is 16.0 Å². The van der Waals surface area contributed by atoms with Gasteiger partial charge in [0.1, 0.15) is 22.0 Å². The lowest BCUT2D eigenvalue weighted by Gasteiger charge is -2.27. The molecule has 0 amide bonds. The van der Waals surface area contributed by atoms with Crippen molar-refractivity contribution in [3.05, 3.63) is 33.6 Å². The summed E-state index contributed by atoms with van der Waals surface area (Å²) < 4.78 is 0. The van der Waals surface area contributed by atoms with E-state index in [2.05, 4.69) is 20.9 Å².